The third-order valence-corrected chi connectivity index (χ3v) is 7.37. The van der Waals surface area contributed by atoms with Gasteiger partial charge in [0.05, 0.1) is 34.2 Å². The van der Waals surface area contributed by atoms with E-state index in [4.69, 9.17) is 10.5 Å². The molecule has 0 saturated carbocycles. The number of ether oxygens (including phenoxy) is 1. The van der Waals surface area contributed by atoms with Gasteiger partial charge in [-0.2, -0.15) is 13.2 Å². The number of nitrogens with one attached hydrogen (secondary N) is 1. The van der Waals surface area contributed by atoms with Crippen LogP contribution in [-0.4, -0.2) is 30.1 Å². The molecule has 13 heteroatoms. The first kappa shape index (κ1) is 26.7. The van der Waals surface area contributed by atoms with Crippen LogP contribution in [0.15, 0.2) is 94.7 Å². The molecule has 5 aromatic rings. The predicted octanol–water partition coefficient (Wildman–Crippen LogP) is 4.86. The average molecular weight is 568 g/mol. The molecule has 3 N–H and O–H groups in total. The summed E-state index contributed by atoms with van der Waals surface area (Å²) in [6.07, 6.45) is -3.32. The summed E-state index contributed by atoms with van der Waals surface area (Å²) in [5.74, 6) is -0.102. The number of hydrogen-bond acceptors (Lipinski definition) is 7. The number of hydrogen-bond donors (Lipinski definition) is 2. The van der Waals surface area contributed by atoms with Crippen molar-refractivity contribution in [1.29, 1.82) is 0 Å². The summed E-state index contributed by atoms with van der Waals surface area (Å²) in [6, 6.07) is 18.3. The van der Waals surface area contributed by atoms with Gasteiger partial charge >= 0.3 is 6.18 Å². The maximum absolute atomic E-state index is 13.4. The minimum Gasteiger partial charge on any atom is -0.480 e. The van der Waals surface area contributed by atoms with Crippen LogP contribution in [0.3, 0.4) is 0 Å². The van der Waals surface area contributed by atoms with E-state index in [0.717, 1.165) is 18.2 Å². The molecular formula is C27H20F3N5O4S. The lowest BCUT2D eigenvalue weighted by Crippen LogP contribution is -2.23. The van der Waals surface area contributed by atoms with E-state index in [2.05, 4.69) is 14.7 Å². The third-order valence-electron chi connectivity index (χ3n) is 6.00. The van der Waals surface area contributed by atoms with Gasteiger partial charge in [0.15, 0.2) is 0 Å². The summed E-state index contributed by atoms with van der Waals surface area (Å²) >= 11 is 0. The van der Waals surface area contributed by atoms with Crippen LogP contribution in [0.1, 0.15) is 5.56 Å². The number of benzene rings is 3. The number of nitrogens with two attached hydrogens (primary N) is 1. The van der Waals surface area contributed by atoms with Crippen molar-refractivity contribution in [2.45, 2.75) is 11.1 Å². The van der Waals surface area contributed by atoms with Gasteiger partial charge in [0.1, 0.15) is 5.69 Å². The molecular weight excluding hydrogens is 547 g/mol. The highest BCUT2D eigenvalue weighted by atomic mass is 32.2. The first-order valence-electron chi connectivity index (χ1n) is 11.6. The minimum atomic E-state index is -4.72. The van der Waals surface area contributed by atoms with E-state index in [1.165, 1.54) is 23.9 Å². The number of fused-ring (bicyclic) bond motifs is 1. The fraction of sp³-hybridized carbons (Fsp3) is 0.0741. The van der Waals surface area contributed by atoms with Crippen LogP contribution in [0, 0.1) is 0 Å². The van der Waals surface area contributed by atoms with Crippen LogP contribution in [0.5, 0.6) is 5.88 Å². The Labute approximate surface area is 225 Å². The molecule has 0 bridgehead atoms. The zero-order chi connectivity index (χ0) is 28.7. The second kappa shape index (κ2) is 10.0. The number of rotatable bonds is 6. The van der Waals surface area contributed by atoms with E-state index >= 15 is 0 Å². The fourth-order valence-corrected chi connectivity index (χ4v) is 5.19. The van der Waals surface area contributed by atoms with Gasteiger partial charge in [0.2, 0.25) is 11.8 Å². The Balaban J connectivity index is 1.57. The molecule has 0 radical (unpaired) electrons. The Kier molecular flexibility index (Phi) is 6.67. The fourth-order valence-electron chi connectivity index (χ4n) is 4.10. The lowest BCUT2D eigenvalue weighted by Gasteiger charge is -2.14. The summed E-state index contributed by atoms with van der Waals surface area (Å²) in [6.45, 7) is 0. The van der Waals surface area contributed by atoms with Crippen LogP contribution >= 0.6 is 0 Å². The van der Waals surface area contributed by atoms with Gasteiger partial charge in [0.25, 0.3) is 15.6 Å². The lowest BCUT2D eigenvalue weighted by atomic mass is 10.0. The molecule has 0 spiro atoms. The Morgan fingerprint density at radius 2 is 1.70 bits per heavy atom. The van der Waals surface area contributed by atoms with E-state index in [9.17, 15) is 26.4 Å². The quantitative estimate of drug-likeness (QED) is 0.300. The molecule has 2 heterocycles. The van der Waals surface area contributed by atoms with Crippen molar-refractivity contribution in [2.24, 2.45) is 0 Å². The highest BCUT2D eigenvalue weighted by molar-refractivity contribution is 7.92. The SMILES string of the molecule is COc1ncc(-c2ccc3nc(N)n(-c4ccccc4)c(=O)c3c2)cc1NS(=O)(=O)c1cccc(C(F)(F)F)c1. The topological polar surface area (TPSA) is 129 Å². The number of alkyl halides is 3. The van der Waals surface area contributed by atoms with Crippen LogP contribution < -0.4 is 20.8 Å². The standard InChI is InChI=1S/C27H20F3N5O4S/c1-39-24-23(34-40(37,38)20-9-5-6-18(14-20)27(28,29)30)13-17(15-32-24)16-10-11-22-21(12-16)25(36)35(26(31)33-22)19-7-3-2-4-8-19/h2-15,34H,1H3,(H2,31,33). The largest absolute Gasteiger partial charge is 0.480 e. The molecule has 204 valence electrons. The van der Waals surface area contributed by atoms with Crippen molar-refractivity contribution in [2.75, 3.05) is 17.6 Å². The third kappa shape index (κ3) is 5.06. The molecule has 40 heavy (non-hydrogen) atoms. The number of para-hydroxylation sites is 1. The molecule has 0 aliphatic rings. The van der Waals surface area contributed by atoms with Crippen molar-refractivity contribution in [3.63, 3.8) is 0 Å². The molecule has 0 atom stereocenters. The summed E-state index contributed by atoms with van der Waals surface area (Å²) in [5.41, 5.74) is 6.19. The van der Waals surface area contributed by atoms with Crippen molar-refractivity contribution < 1.29 is 26.3 Å². The molecule has 0 fully saturated rings. The second-order valence-corrected chi connectivity index (χ2v) is 10.3. The summed E-state index contributed by atoms with van der Waals surface area (Å²) in [5, 5.41) is 0.248. The number of halogens is 3. The van der Waals surface area contributed by atoms with Crippen LogP contribution in [-0.2, 0) is 16.2 Å². The molecule has 3 aromatic carbocycles. The Morgan fingerprint density at radius 1 is 0.950 bits per heavy atom. The smallest absolute Gasteiger partial charge is 0.416 e. The first-order valence-corrected chi connectivity index (χ1v) is 13.1. The van der Waals surface area contributed by atoms with Crippen molar-refractivity contribution in [3.05, 3.63) is 101 Å². The normalized spacial score (nSPS) is 11.9. The van der Waals surface area contributed by atoms with Gasteiger partial charge in [-0.05, 0) is 54.1 Å². The maximum Gasteiger partial charge on any atom is 0.416 e. The molecule has 5 rings (SSSR count). The van der Waals surface area contributed by atoms with Gasteiger partial charge in [0, 0.05) is 11.8 Å². The zero-order valence-corrected chi connectivity index (χ0v) is 21.5. The van der Waals surface area contributed by atoms with Crippen LogP contribution in [0.2, 0.25) is 0 Å². The minimum absolute atomic E-state index is 0.00819. The number of nitrogen functional groups attached to an aromatic ring is 1. The summed E-state index contributed by atoms with van der Waals surface area (Å²) < 4.78 is 74.1. The van der Waals surface area contributed by atoms with Gasteiger partial charge in [-0.1, -0.05) is 30.3 Å². The van der Waals surface area contributed by atoms with Gasteiger partial charge in [-0.15, -0.1) is 0 Å². The highest BCUT2D eigenvalue weighted by Crippen LogP contribution is 2.33. The number of pyridine rings is 1. The van der Waals surface area contributed by atoms with Gasteiger partial charge in [-0.3, -0.25) is 9.52 Å². The Hall–Kier alpha value is -4.91. The summed E-state index contributed by atoms with van der Waals surface area (Å²) in [4.78, 5) is 21.3. The predicted molar refractivity (Wildman–Crippen MR) is 144 cm³/mol. The van der Waals surface area contributed by atoms with Crippen molar-refractivity contribution in [3.8, 4) is 22.7 Å². The summed E-state index contributed by atoms with van der Waals surface area (Å²) in [7, 11) is -3.19. The molecule has 0 aliphatic heterocycles. The monoisotopic (exact) mass is 567 g/mol. The van der Waals surface area contributed by atoms with Crippen LogP contribution in [0.4, 0.5) is 24.8 Å². The zero-order valence-electron chi connectivity index (χ0n) is 20.7. The Bertz CT molecular complexity index is 1910. The number of methoxy groups -OCH3 is 1. The number of nitrogens with zero attached hydrogens (tertiary/aromatic N) is 3. The van der Waals surface area contributed by atoms with E-state index in [1.54, 1.807) is 48.5 Å². The van der Waals surface area contributed by atoms with E-state index < -0.39 is 32.2 Å². The maximum atomic E-state index is 13.4. The number of sulfonamides is 1. The molecule has 0 unspecified atom stereocenters. The van der Waals surface area contributed by atoms with E-state index in [0.29, 0.717) is 28.4 Å². The van der Waals surface area contributed by atoms with Gasteiger partial charge in [-0.25, -0.2) is 23.0 Å². The molecule has 9 nitrogen and oxygen atoms in total. The number of aromatic nitrogens is 3. The van der Waals surface area contributed by atoms with E-state index in [1.807, 2.05) is 0 Å². The lowest BCUT2D eigenvalue weighted by molar-refractivity contribution is -0.137. The van der Waals surface area contributed by atoms with Crippen molar-refractivity contribution in [1.82, 2.24) is 14.5 Å². The molecule has 2 aromatic heterocycles. The number of anilines is 2. The first-order chi connectivity index (χ1) is 19.0. The van der Waals surface area contributed by atoms with Gasteiger partial charge < -0.3 is 10.5 Å². The highest BCUT2D eigenvalue weighted by Gasteiger charge is 2.32. The molecule has 0 saturated heterocycles. The van der Waals surface area contributed by atoms with E-state index in [-0.39, 0.29) is 22.9 Å². The Morgan fingerprint density at radius 3 is 2.40 bits per heavy atom. The second-order valence-electron chi connectivity index (χ2n) is 8.59. The van der Waals surface area contributed by atoms with Crippen molar-refractivity contribution >= 4 is 32.6 Å². The molecule has 0 amide bonds. The average Bonchev–Trinajstić information content (AvgIpc) is 2.93. The molecule has 0 aliphatic carbocycles. The van der Waals surface area contributed by atoms with Crippen LogP contribution in [0.25, 0.3) is 27.7 Å².